The summed E-state index contributed by atoms with van der Waals surface area (Å²) in [6, 6.07) is 6.54. The van der Waals surface area contributed by atoms with Gasteiger partial charge in [-0.1, -0.05) is 26.0 Å². The molecule has 4 nitrogen and oxygen atoms in total. The molecule has 0 aliphatic carbocycles. The fourth-order valence-corrected chi connectivity index (χ4v) is 3.21. The predicted octanol–water partition coefficient (Wildman–Crippen LogP) is 2.31. The van der Waals surface area contributed by atoms with Gasteiger partial charge in [0.05, 0.1) is 6.61 Å². The lowest BCUT2D eigenvalue weighted by atomic mass is 10.1. The predicted molar refractivity (Wildman–Crippen MR) is 87.0 cm³/mol. The van der Waals surface area contributed by atoms with Crippen molar-refractivity contribution < 1.29 is 9.53 Å². The van der Waals surface area contributed by atoms with Gasteiger partial charge in [-0.15, -0.1) is 0 Å². The molecule has 3 rings (SSSR count). The summed E-state index contributed by atoms with van der Waals surface area (Å²) >= 11 is 0. The maximum Gasteiger partial charge on any atom is 0.225 e. The lowest BCUT2D eigenvalue weighted by molar-refractivity contribution is -0.136. The van der Waals surface area contributed by atoms with E-state index in [2.05, 4.69) is 30.0 Å². The van der Waals surface area contributed by atoms with Crippen LogP contribution in [0.4, 0.5) is 0 Å². The van der Waals surface area contributed by atoms with Crippen molar-refractivity contribution in [3.05, 3.63) is 29.3 Å². The van der Waals surface area contributed by atoms with Crippen LogP contribution in [0.1, 0.15) is 31.4 Å². The Labute approximate surface area is 133 Å². The average molecular weight is 302 g/mol. The van der Waals surface area contributed by atoms with E-state index in [-0.39, 0.29) is 5.92 Å². The van der Waals surface area contributed by atoms with Crippen molar-refractivity contribution in [2.45, 2.75) is 33.2 Å². The molecule has 1 saturated heterocycles. The van der Waals surface area contributed by atoms with E-state index in [1.807, 2.05) is 11.8 Å². The minimum absolute atomic E-state index is 0.156. The molecule has 0 N–H and O–H groups in total. The van der Waals surface area contributed by atoms with Crippen molar-refractivity contribution >= 4 is 5.91 Å². The molecule has 1 unspecified atom stereocenters. The maximum absolute atomic E-state index is 12.2. The number of nitrogens with zero attached hydrogens (tertiary/aromatic N) is 2. The van der Waals surface area contributed by atoms with E-state index in [1.165, 1.54) is 11.1 Å². The third-order valence-electron chi connectivity index (χ3n) is 4.88. The lowest BCUT2D eigenvalue weighted by Crippen LogP contribution is -2.49. The number of rotatable bonds is 4. The molecule has 0 radical (unpaired) electrons. The number of piperazine rings is 1. The van der Waals surface area contributed by atoms with Gasteiger partial charge in [0.25, 0.3) is 0 Å². The summed E-state index contributed by atoms with van der Waals surface area (Å²) in [5.41, 5.74) is 2.69. The SMILES string of the molecule is CCC(C)C(=O)N1CCN(Cc2ccc3c(c2)CCO3)CC1. The Hall–Kier alpha value is -1.55. The van der Waals surface area contributed by atoms with E-state index in [4.69, 9.17) is 4.74 Å². The molecule has 1 aromatic rings. The van der Waals surface area contributed by atoms with Crippen LogP contribution in [0, 0.1) is 5.92 Å². The Kier molecular flexibility index (Phi) is 4.67. The van der Waals surface area contributed by atoms with E-state index >= 15 is 0 Å². The molecule has 0 bridgehead atoms. The molecule has 4 heteroatoms. The molecule has 2 heterocycles. The van der Waals surface area contributed by atoms with Gasteiger partial charge in [-0.2, -0.15) is 0 Å². The minimum Gasteiger partial charge on any atom is -0.493 e. The molecule has 2 aliphatic heterocycles. The monoisotopic (exact) mass is 302 g/mol. The van der Waals surface area contributed by atoms with Gasteiger partial charge in [0, 0.05) is 45.1 Å². The molecule has 1 atom stereocenters. The Morgan fingerprint density at radius 2 is 2.05 bits per heavy atom. The van der Waals surface area contributed by atoms with E-state index in [9.17, 15) is 4.79 Å². The van der Waals surface area contributed by atoms with Crippen LogP contribution >= 0.6 is 0 Å². The minimum atomic E-state index is 0.156. The molecule has 1 fully saturated rings. The zero-order valence-corrected chi connectivity index (χ0v) is 13.7. The van der Waals surface area contributed by atoms with E-state index in [0.29, 0.717) is 5.91 Å². The lowest BCUT2D eigenvalue weighted by Gasteiger charge is -2.36. The van der Waals surface area contributed by atoms with Gasteiger partial charge in [0.1, 0.15) is 5.75 Å². The van der Waals surface area contributed by atoms with Crippen LogP contribution in [-0.4, -0.2) is 48.5 Å². The Morgan fingerprint density at radius 1 is 1.27 bits per heavy atom. The van der Waals surface area contributed by atoms with Crippen molar-refractivity contribution in [2.75, 3.05) is 32.8 Å². The second-order valence-electron chi connectivity index (χ2n) is 6.45. The largest absolute Gasteiger partial charge is 0.493 e. The molecule has 0 saturated carbocycles. The Bertz CT molecular complexity index is 536. The van der Waals surface area contributed by atoms with E-state index in [1.54, 1.807) is 0 Å². The van der Waals surface area contributed by atoms with Crippen LogP contribution in [-0.2, 0) is 17.8 Å². The number of ether oxygens (including phenoxy) is 1. The highest BCUT2D eigenvalue weighted by atomic mass is 16.5. The summed E-state index contributed by atoms with van der Waals surface area (Å²) in [4.78, 5) is 16.7. The summed E-state index contributed by atoms with van der Waals surface area (Å²) in [5, 5.41) is 0. The van der Waals surface area contributed by atoms with Gasteiger partial charge in [-0.05, 0) is 23.6 Å². The molecule has 0 aromatic heterocycles. The van der Waals surface area contributed by atoms with Crippen LogP contribution in [0.15, 0.2) is 18.2 Å². The number of carbonyl (C=O) groups is 1. The normalized spacial score (nSPS) is 19.6. The first-order valence-electron chi connectivity index (χ1n) is 8.43. The van der Waals surface area contributed by atoms with Gasteiger partial charge in [-0.25, -0.2) is 0 Å². The van der Waals surface area contributed by atoms with Crippen LogP contribution in [0.25, 0.3) is 0 Å². The van der Waals surface area contributed by atoms with Crippen molar-refractivity contribution in [2.24, 2.45) is 5.92 Å². The second-order valence-corrected chi connectivity index (χ2v) is 6.45. The van der Waals surface area contributed by atoms with Crippen molar-refractivity contribution in [3.8, 4) is 5.75 Å². The molecule has 1 aromatic carbocycles. The number of hydrogen-bond donors (Lipinski definition) is 0. The summed E-state index contributed by atoms with van der Waals surface area (Å²) in [6.45, 7) is 9.55. The van der Waals surface area contributed by atoms with E-state index < -0.39 is 0 Å². The highest BCUT2D eigenvalue weighted by Gasteiger charge is 2.24. The number of carbonyl (C=O) groups excluding carboxylic acids is 1. The molecule has 2 aliphatic rings. The zero-order valence-electron chi connectivity index (χ0n) is 13.7. The highest BCUT2D eigenvalue weighted by molar-refractivity contribution is 5.78. The smallest absolute Gasteiger partial charge is 0.225 e. The third kappa shape index (κ3) is 3.27. The highest BCUT2D eigenvalue weighted by Crippen LogP contribution is 2.26. The van der Waals surface area contributed by atoms with Gasteiger partial charge in [0.15, 0.2) is 0 Å². The van der Waals surface area contributed by atoms with E-state index in [0.717, 1.165) is 57.9 Å². The molecule has 1 amide bonds. The summed E-state index contributed by atoms with van der Waals surface area (Å²) < 4.78 is 5.56. The maximum atomic E-state index is 12.2. The summed E-state index contributed by atoms with van der Waals surface area (Å²) in [6.07, 6.45) is 1.95. The number of fused-ring (bicyclic) bond motifs is 1. The number of hydrogen-bond acceptors (Lipinski definition) is 3. The van der Waals surface area contributed by atoms with Crippen LogP contribution in [0.2, 0.25) is 0 Å². The standard InChI is InChI=1S/C18H26N2O2/c1-3-14(2)18(21)20-9-7-19(8-10-20)13-15-4-5-17-16(12-15)6-11-22-17/h4-5,12,14H,3,6-11,13H2,1-2H3. The zero-order chi connectivity index (χ0) is 15.5. The van der Waals surface area contributed by atoms with Crippen LogP contribution in [0.5, 0.6) is 5.75 Å². The first kappa shape index (κ1) is 15.3. The molecule has 22 heavy (non-hydrogen) atoms. The second kappa shape index (κ2) is 6.69. The fraction of sp³-hybridized carbons (Fsp3) is 0.611. The van der Waals surface area contributed by atoms with Crippen molar-refractivity contribution in [1.29, 1.82) is 0 Å². The average Bonchev–Trinajstić information content (AvgIpc) is 3.02. The molecular formula is C18H26N2O2. The fourth-order valence-electron chi connectivity index (χ4n) is 3.21. The van der Waals surface area contributed by atoms with Gasteiger partial charge < -0.3 is 9.64 Å². The number of benzene rings is 1. The summed E-state index contributed by atoms with van der Waals surface area (Å²) in [7, 11) is 0. The summed E-state index contributed by atoms with van der Waals surface area (Å²) in [5.74, 6) is 1.52. The van der Waals surface area contributed by atoms with Gasteiger partial charge in [-0.3, -0.25) is 9.69 Å². The first-order valence-corrected chi connectivity index (χ1v) is 8.43. The van der Waals surface area contributed by atoms with Crippen molar-refractivity contribution in [3.63, 3.8) is 0 Å². The molecular weight excluding hydrogens is 276 g/mol. The van der Waals surface area contributed by atoms with Crippen molar-refractivity contribution in [1.82, 2.24) is 9.80 Å². The van der Waals surface area contributed by atoms with Crippen LogP contribution in [0.3, 0.4) is 0 Å². The van der Waals surface area contributed by atoms with Gasteiger partial charge in [0.2, 0.25) is 5.91 Å². The van der Waals surface area contributed by atoms with Gasteiger partial charge >= 0.3 is 0 Å². The quantitative estimate of drug-likeness (QED) is 0.855. The Balaban J connectivity index is 1.53. The molecule has 120 valence electrons. The van der Waals surface area contributed by atoms with Crippen LogP contribution < -0.4 is 4.74 Å². The topological polar surface area (TPSA) is 32.8 Å². The Morgan fingerprint density at radius 3 is 2.77 bits per heavy atom. The molecule has 0 spiro atoms. The number of amides is 1. The third-order valence-corrected chi connectivity index (χ3v) is 4.88. The first-order chi connectivity index (χ1) is 10.7.